The fourth-order valence-corrected chi connectivity index (χ4v) is 3.30. The van der Waals surface area contributed by atoms with Crippen LogP contribution in [0, 0.1) is 6.92 Å². The minimum Gasteiger partial charge on any atom is -0.467 e. The molecule has 7 nitrogen and oxygen atoms in total. The van der Waals surface area contributed by atoms with Crippen LogP contribution in [0.2, 0.25) is 0 Å². The molecule has 4 rings (SSSR count). The van der Waals surface area contributed by atoms with Crippen molar-refractivity contribution in [1.82, 2.24) is 15.5 Å². The second-order valence-corrected chi connectivity index (χ2v) is 6.85. The molecular formula is C21H23N5O2. The zero-order valence-electron chi connectivity index (χ0n) is 15.8. The molecule has 0 unspecified atom stereocenters. The van der Waals surface area contributed by atoms with E-state index in [1.165, 1.54) is 11.3 Å². The summed E-state index contributed by atoms with van der Waals surface area (Å²) < 4.78 is 5.20. The van der Waals surface area contributed by atoms with Gasteiger partial charge in [0.2, 0.25) is 0 Å². The third-order valence-electron chi connectivity index (χ3n) is 4.86. The second kappa shape index (κ2) is 8.12. The minimum absolute atomic E-state index is 0.264. The first-order valence-corrected chi connectivity index (χ1v) is 9.40. The van der Waals surface area contributed by atoms with Crippen molar-refractivity contribution in [2.75, 3.05) is 36.0 Å². The Labute approximate surface area is 164 Å². The number of aryl methyl sites for hydroxylation is 1. The van der Waals surface area contributed by atoms with Crippen molar-refractivity contribution >= 4 is 17.4 Å². The van der Waals surface area contributed by atoms with Crippen LogP contribution in [-0.4, -0.2) is 42.3 Å². The van der Waals surface area contributed by atoms with Gasteiger partial charge in [0.15, 0.2) is 11.5 Å². The summed E-state index contributed by atoms with van der Waals surface area (Å²) in [5, 5.41) is 11.1. The van der Waals surface area contributed by atoms with Crippen LogP contribution in [-0.2, 0) is 6.54 Å². The molecule has 1 aliphatic rings. The molecule has 0 spiro atoms. The number of furan rings is 1. The van der Waals surface area contributed by atoms with Gasteiger partial charge in [-0.1, -0.05) is 12.1 Å². The van der Waals surface area contributed by atoms with Crippen molar-refractivity contribution in [3.05, 3.63) is 71.8 Å². The number of rotatable bonds is 5. The normalized spacial score (nSPS) is 14.2. The fourth-order valence-electron chi connectivity index (χ4n) is 3.30. The molecule has 1 aromatic carbocycles. The Balaban J connectivity index is 1.32. The van der Waals surface area contributed by atoms with Gasteiger partial charge in [-0.15, -0.1) is 10.2 Å². The Hall–Kier alpha value is -3.35. The Morgan fingerprint density at radius 2 is 1.86 bits per heavy atom. The molecule has 0 aliphatic carbocycles. The summed E-state index contributed by atoms with van der Waals surface area (Å²) in [6.07, 6.45) is 1.58. The topological polar surface area (TPSA) is 74.5 Å². The molecule has 2 aromatic heterocycles. The van der Waals surface area contributed by atoms with Gasteiger partial charge in [-0.25, -0.2) is 0 Å². The Morgan fingerprint density at radius 1 is 1.04 bits per heavy atom. The van der Waals surface area contributed by atoms with E-state index in [1.54, 1.807) is 18.4 Å². The molecule has 1 amide bonds. The highest BCUT2D eigenvalue weighted by atomic mass is 16.3. The molecule has 3 heterocycles. The number of carbonyl (C=O) groups excluding carboxylic acids is 1. The van der Waals surface area contributed by atoms with Crippen molar-refractivity contribution in [3.63, 3.8) is 0 Å². The number of nitrogens with one attached hydrogen (secondary N) is 1. The van der Waals surface area contributed by atoms with Crippen molar-refractivity contribution in [2.24, 2.45) is 0 Å². The average molecular weight is 377 g/mol. The highest BCUT2D eigenvalue weighted by Gasteiger charge is 2.19. The Bertz CT molecular complexity index is 916. The first-order valence-electron chi connectivity index (χ1n) is 9.40. The van der Waals surface area contributed by atoms with E-state index < -0.39 is 0 Å². The number of anilines is 2. The standard InChI is InChI=1S/C21H23N5O2/c1-16-4-2-5-17(14-16)25-9-11-26(12-10-25)20-8-7-19(23-24-20)21(27)22-15-18-6-3-13-28-18/h2-8,13-14H,9-12,15H2,1H3,(H,22,27). The lowest BCUT2D eigenvalue weighted by Crippen LogP contribution is -2.47. The number of piperazine rings is 1. The van der Waals surface area contributed by atoms with Crippen LogP contribution in [0.5, 0.6) is 0 Å². The van der Waals surface area contributed by atoms with Crippen LogP contribution >= 0.6 is 0 Å². The molecule has 1 saturated heterocycles. The van der Waals surface area contributed by atoms with Crippen LogP contribution in [0.3, 0.4) is 0 Å². The first kappa shape index (κ1) is 18.0. The Morgan fingerprint density at radius 3 is 2.54 bits per heavy atom. The molecule has 3 aromatic rings. The van der Waals surface area contributed by atoms with Gasteiger partial charge < -0.3 is 19.5 Å². The highest BCUT2D eigenvalue weighted by Crippen LogP contribution is 2.20. The molecule has 1 fully saturated rings. The summed E-state index contributed by atoms with van der Waals surface area (Å²) in [6, 6.07) is 15.7. The maximum absolute atomic E-state index is 12.2. The number of hydrogen-bond acceptors (Lipinski definition) is 6. The number of hydrogen-bond donors (Lipinski definition) is 1. The maximum Gasteiger partial charge on any atom is 0.272 e. The van der Waals surface area contributed by atoms with E-state index in [2.05, 4.69) is 56.5 Å². The lowest BCUT2D eigenvalue weighted by Gasteiger charge is -2.36. The number of aromatic nitrogens is 2. The summed E-state index contributed by atoms with van der Waals surface area (Å²) >= 11 is 0. The van der Waals surface area contributed by atoms with Crippen LogP contribution in [0.4, 0.5) is 11.5 Å². The summed E-state index contributed by atoms with van der Waals surface area (Å²) in [5.41, 5.74) is 2.83. The monoisotopic (exact) mass is 377 g/mol. The van der Waals surface area contributed by atoms with Gasteiger partial charge in [0.25, 0.3) is 5.91 Å². The predicted octanol–water partition coefficient (Wildman–Crippen LogP) is 2.63. The summed E-state index contributed by atoms with van der Waals surface area (Å²) in [5.74, 6) is 1.23. The lowest BCUT2D eigenvalue weighted by molar-refractivity contribution is 0.0942. The quantitative estimate of drug-likeness (QED) is 0.737. The van der Waals surface area contributed by atoms with E-state index in [9.17, 15) is 4.79 Å². The van der Waals surface area contributed by atoms with E-state index in [0.29, 0.717) is 18.0 Å². The van der Waals surface area contributed by atoms with Crippen LogP contribution in [0.15, 0.2) is 59.2 Å². The molecule has 0 bridgehead atoms. The summed E-state index contributed by atoms with van der Waals surface area (Å²) in [4.78, 5) is 16.8. The largest absolute Gasteiger partial charge is 0.467 e. The van der Waals surface area contributed by atoms with E-state index >= 15 is 0 Å². The van der Waals surface area contributed by atoms with Gasteiger partial charge in [-0.2, -0.15) is 0 Å². The number of carbonyl (C=O) groups is 1. The number of nitrogens with zero attached hydrogens (tertiary/aromatic N) is 4. The van der Waals surface area contributed by atoms with Crippen molar-refractivity contribution < 1.29 is 9.21 Å². The van der Waals surface area contributed by atoms with Crippen LogP contribution in [0.1, 0.15) is 21.8 Å². The van der Waals surface area contributed by atoms with E-state index in [4.69, 9.17) is 4.42 Å². The lowest BCUT2D eigenvalue weighted by atomic mass is 10.2. The van der Waals surface area contributed by atoms with Crippen LogP contribution < -0.4 is 15.1 Å². The Kier molecular flexibility index (Phi) is 5.23. The van der Waals surface area contributed by atoms with Gasteiger partial charge in [-0.3, -0.25) is 4.79 Å². The third kappa shape index (κ3) is 4.14. The van der Waals surface area contributed by atoms with E-state index in [1.807, 2.05) is 12.1 Å². The van der Waals surface area contributed by atoms with Gasteiger partial charge in [0.1, 0.15) is 5.76 Å². The molecular weight excluding hydrogens is 354 g/mol. The molecule has 1 N–H and O–H groups in total. The van der Waals surface area contributed by atoms with Gasteiger partial charge in [-0.05, 0) is 48.9 Å². The molecule has 0 saturated carbocycles. The zero-order valence-corrected chi connectivity index (χ0v) is 15.8. The second-order valence-electron chi connectivity index (χ2n) is 6.85. The summed E-state index contributed by atoms with van der Waals surface area (Å²) in [7, 11) is 0. The molecule has 1 aliphatic heterocycles. The highest BCUT2D eigenvalue weighted by molar-refractivity contribution is 5.92. The average Bonchev–Trinajstić information content (AvgIpc) is 3.26. The molecule has 0 atom stereocenters. The fraction of sp³-hybridized carbons (Fsp3) is 0.286. The molecule has 7 heteroatoms. The zero-order chi connectivity index (χ0) is 19.3. The van der Waals surface area contributed by atoms with E-state index in [0.717, 1.165) is 32.0 Å². The maximum atomic E-state index is 12.2. The molecule has 0 radical (unpaired) electrons. The van der Waals surface area contributed by atoms with Gasteiger partial charge in [0, 0.05) is 31.9 Å². The predicted molar refractivity (Wildman–Crippen MR) is 108 cm³/mol. The SMILES string of the molecule is Cc1cccc(N2CCN(c3ccc(C(=O)NCc4ccco4)nn3)CC2)c1. The van der Waals surface area contributed by atoms with Gasteiger partial charge in [0.05, 0.1) is 12.8 Å². The number of amides is 1. The molecule has 28 heavy (non-hydrogen) atoms. The number of benzene rings is 1. The first-order chi connectivity index (χ1) is 13.7. The summed E-state index contributed by atoms with van der Waals surface area (Å²) in [6.45, 7) is 6.03. The smallest absolute Gasteiger partial charge is 0.272 e. The van der Waals surface area contributed by atoms with Crippen LogP contribution in [0.25, 0.3) is 0 Å². The van der Waals surface area contributed by atoms with Crippen molar-refractivity contribution in [1.29, 1.82) is 0 Å². The van der Waals surface area contributed by atoms with E-state index in [-0.39, 0.29) is 5.91 Å². The van der Waals surface area contributed by atoms with Crippen molar-refractivity contribution in [3.8, 4) is 0 Å². The molecule has 144 valence electrons. The minimum atomic E-state index is -0.264. The van der Waals surface area contributed by atoms with Crippen molar-refractivity contribution in [2.45, 2.75) is 13.5 Å². The third-order valence-corrected chi connectivity index (χ3v) is 4.86. The van der Waals surface area contributed by atoms with Gasteiger partial charge >= 0.3 is 0 Å².